The molecule has 0 heterocycles. The van der Waals surface area contributed by atoms with Crippen molar-refractivity contribution in [1.82, 2.24) is 0 Å². The first kappa shape index (κ1) is 32.4. The maximum atomic E-state index is 5.90. The van der Waals surface area contributed by atoms with Gasteiger partial charge in [-0.3, -0.25) is 0 Å². The summed E-state index contributed by atoms with van der Waals surface area (Å²) in [5.41, 5.74) is 8.40. The molecule has 4 aromatic rings. The Kier molecular flexibility index (Phi) is 10.2. The third-order valence-corrected chi connectivity index (χ3v) is 8.08. The number of ether oxygens (including phenoxy) is 3. The van der Waals surface area contributed by atoms with Gasteiger partial charge in [0.25, 0.3) is 0 Å². The molecule has 0 amide bonds. The van der Waals surface area contributed by atoms with Crippen molar-refractivity contribution in [3.63, 3.8) is 0 Å². The molecule has 3 heteroatoms. The number of benzene rings is 4. The molecule has 0 bridgehead atoms. The van der Waals surface area contributed by atoms with Crippen LogP contribution in [0.5, 0.6) is 17.2 Å². The molecule has 0 atom stereocenters. The predicted molar refractivity (Wildman–Crippen MR) is 184 cm³/mol. The fourth-order valence-corrected chi connectivity index (χ4v) is 5.24. The van der Waals surface area contributed by atoms with Crippen LogP contribution in [0, 0.1) is 0 Å². The summed E-state index contributed by atoms with van der Waals surface area (Å²) in [6.07, 6.45) is 0. The molecule has 3 nitrogen and oxygen atoms in total. The standard InChI is InChI=1S/C41H46O3/c1-29(2)26-42-37-20-14-33(15-21-37)40(7,8)32-10-12-34(13-11-32)41(9,35-16-22-38(23-17-35)43-27-30(3)4)36-18-24-39(25-19-36)44-28-31(5)6/h10-25H,1,3,5,26-28H2,2,4,6-9H3. The quantitative estimate of drug-likeness (QED) is 0.109. The maximum Gasteiger partial charge on any atom is 0.119 e. The van der Waals surface area contributed by atoms with Crippen LogP contribution in [0.25, 0.3) is 0 Å². The molecular weight excluding hydrogens is 540 g/mol. The Bertz CT molecular complexity index is 1510. The SMILES string of the molecule is C=C(C)COc1ccc(C(C)(C)c2ccc(C(C)(c3ccc(OCC(=C)C)cc3)c3ccc(OCC(=C)C)cc3)cc2)cc1. The molecule has 0 radical (unpaired) electrons. The van der Waals surface area contributed by atoms with E-state index in [1.165, 1.54) is 27.8 Å². The second-order valence-corrected chi connectivity index (χ2v) is 12.6. The van der Waals surface area contributed by atoms with E-state index in [4.69, 9.17) is 14.2 Å². The van der Waals surface area contributed by atoms with Crippen LogP contribution >= 0.6 is 0 Å². The van der Waals surface area contributed by atoms with Crippen molar-refractivity contribution in [2.45, 2.75) is 52.4 Å². The van der Waals surface area contributed by atoms with Gasteiger partial charge in [-0.15, -0.1) is 0 Å². The second kappa shape index (κ2) is 13.9. The van der Waals surface area contributed by atoms with Crippen LogP contribution in [-0.2, 0) is 10.8 Å². The van der Waals surface area contributed by atoms with Crippen LogP contribution in [0.15, 0.2) is 134 Å². The van der Waals surface area contributed by atoms with Gasteiger partial charge in [-0.05, 0) is 109 Å². The lowest BCUT2D eigenvalue weighted by atomic mass is 9.70. The zero-order valence-corrected chi connectivity index (χ0v) is 27.2. The molecule has 44 heavy (non-hydrogen) atoms. The Balaban J connectivity index is 1.67. The van der Waals surface area contributed by atoms with E-state index >= 15 is 0 Å². The molecule has 0 aliphatic heterocycles. The summed E-state index contributed by atoms with van der Waals surface area (Å²) in [6.45, 7) is 26.1. The van der Waals surface area contributed by atoms with Crippen molar-refractivity contribution in [2.24, 2.45) is 0 Å². The van der Waals surface area contributed by atoms with Crippen molar-refractivity contribution in [1.29, 1.82) is 0 Å². The van der Waals surface area contributed by atoms with Crippen LogP contribution < -0.4 is 14.2 Å². The minimum atomic E-state index is -0.412. The first-order chi connectivity index (χ1) is 20.9. The summed E-state index contributed by atoms with van der Waals surface area (Å²) in [5.74, 6) is 2.51. The van der Waals surface area contributed by atoms with Gasteiger partial charge in [0.15, 0.2) is 0 Å². The van der Waals surface area contributed by atoms with Gasteiger partial charge in [-0.2, -0.15) is 0 Å². The number of hydrogen-bond acceptors (Lipinski definition) is 3. The average Bonchev–Trinajstić information content (AvgIpc) is 3.02. The van der Waals surface area contributed by atoms with E-state index in [0.717, 1.165) is 34.0 Å². The van der Waals surface area contributed by atoms with Gasteiger partial charge in [-0.1, -0.05) is 94.2 Å². The molecule has 0 fully saturated rings. The van der Waals surface area contributed by atoms with Crippen molar-refractivity contribution >= 4 is 0 Å². The van der Waals surface area contributed by atoms with E-state index in [1.54, 1.807) is 0 Å². The van der Waals surface area contributed by atoms with Gasteiger partial charge in [0, 0.05) is 10.8 Å². The highest BCUT2D eigenvalue weighted by molar-refractivity contribution is 5.53. The first-order valence-electron chi connectivity index (χ1n) is 15.1. The Hall–Kier alpha value is -4.50. The third kappa shape index (κ3) is 7.71. The highest BCUT2D eigenvalue weighted by Gasteiger charge is 2.32. The predicted octanol–water partition coefficient (Wildman–Crippen LogP) is 10.2. The van der Waals surface area contributed by atoms with Crippen LogP contribution in [0.1, 0.15) is 69.4 Å². The smallest absolute Gasteiger partial charge is 0.119 e. The fourth-order valence-electron chi connectivity index (χ4n) is 5.24. The largest absolute Gasteiger partial charge is 0.489 e. The Morgan fingerprint density at radius 3 is 0.932 bits per heavy atom. The van der Waals surface area contributed by atoms with E-state index in [-0.39, 0.29) is 5.41 Å². The molecule has 0 unspecified atom stereocenters. The van der Waals surface area contributed by atoms with Crippen molar-refractivity contribution in [3.05, 3.63) is 161 Å². The zero-order valence-electron chi connectivity index (χ0n) is 27.2. The lowest BCUT2D eigenvalue weighted by Crippen LogP contribution is -2.26. The van der Waals surface area contributed by atoms with E-state index in [2.05, 4.69) is 101 Å². The summed E-state index contributed by atoms with van der Waals surface area (Å²) >= 11 is 0. The molecule has 4 aromatic carbocycles. The molecule has 228 valence electrons. The van der Waals surface area contributed by atoms with Crippen LogP contribution in [-0.4, -0.2) is 19.8 Å². The maximum absolute atomic E-state index is 5.90. The summed E-state index contributed by atoms with van der Waals surface area (Å²) in [6, 6.07) is 34.2. The van der Waals surface area contributed by atoms with Gasteiger partial charge in [-0.25, -0.2) is 0 Å². The first-order valence-corrected chi connectivity index (χ1v) is 15.1. The lowest BCUT2D eigenvalue weighted by molar-refractivity contribution is 0.352. The van der Waals surface area contributed by atoms with Gasteiger partial charge in [0.2, 0.25) is 0 Å². The third-order valence-electron chi connectivity index (χ3n) is 8.08. The normalized spacial score (nSPS) is 11.5. The Labute approximate surface area is 264 Å². The topological polar surface area (TPSA) is 27.7 Å². The van der Waals surface area contributed by atoms with Crippen LogP contribution in [0.4, 0.5) is 0 Å². The fraction of sp³-hybridized carbons (Fsp3) is 0.268. The summed E-state index contributed by atoms with van der Waals surface area (Å²) in [7, 11) is 0. The van der Waals surface area contributed by atoms with Crippen LogP contribution in [0.3, 0.4) is 0 Å². The minimum Gasteiger partial charge on any atom is -0.489 e. The van der Waals surface area contributed by atoms with Crippen LogP contribution in [0.2, 0.25) is 0 Å². The van der Waals surface area contributed by atoms with E-state index in [1.807, 2.05) is 57.2 Å². The van der Waals surface area contributed by atoms with Crippen molar-refractivity contribution < 1.29 is 14.2 Å². The average molecular weight is 587 g/mol. The molecular formula is C41H46O3. The Morgan fingerprint density at radius 1 is 0.432 bits per heavy atom. The molecule has 0 aliphatic rings. The highest BCUT2D eigenvalue weighted by Crippen LogP contribution is 2.41. The monoisotopic (exact) mass is 586 g/mol. The van der Waals surface area contributed by atoms with E-state index < -0.39 is 5.41 Å². The van der Waals surface area contributed by atoms with Gasteiger partial charge in [0.05, 0.1) is 0 Å². The molecule has 0 saturated heterocycles. The van der Waals surface area contributed by atoms with Crippen molar-refractivity contribution in [3.8, 4) is 17.2 Å². The molecule has 4 rings (SSSR count). The summed E-state index contributed by atoms with van der Waals surface area (Å²) in [4.78, 5) is 0. The number of rotatable bonds is 14. The minimum absolute atomic E-state index is 0.188. The lowest BCUT2D eigenvalue weighted by Gasteiger charge is -2.33. The molecule has 0 spiro atoms. The van der Waals surface area contributed by atoms with Gasteiger partial charge in [0.1, 0.15) is 37.1 Å². The van der Waals surface area contributed by atoms with E-state index in [9.17, 15) is 0 Å². The molecule has 0 N–H and O–H groups in total. The van der Waals surface area contributed by atoms with Gasteiger partial charge < -0.3 is 14.2 Å². The summed E-state index contributed by atoms with van der Waals surface area (Å²) in [5, 5.41) is 0. The zero-order chi connectivity index (χ0) is 31.9. The molecule has 0 aliphatic carbocycles. The van der Waals surface area contributed by atoms with Crippen molar-refractivity contribution in [2.75, 3.05) is 19.8 Å². The molecule has 0 saturated carbocycles. The van der Waals surface area contributed by atoms with Gasteiger partial charge >= 0.3 is 0 Å². The van der Waals surface area contributed by atoms with E-state index in [0.29, 0.717) is 19.8 Å². The Morgan fingerprint density at radius 2 is 0.659 bits per heavy atom. The highest BCUT2D eigenvalue weighted by atomic mass is 16.5. The number of hydrogen-bond donors (Lipinski definition) is 0. The second-order valence-electron chi connectivity index (χ2n) is 12.6. The summed E-state index contributed by atoms with van der Waals surface area (Å²) < 4.78 is 17.6. The molecule has 0 aromatic heterocycles.